The third-order valence-corrected chi connectivity index (χ3v) is 2.87. The van der Waals surface area contributed by atoms with Gasteiger partial charge in [0.05, 0.1) is 11.0 Å². The Morgan fingerprint density at radius 1 is 1.20 bits per heavy atom. The van der Waals surface area contributed by atoms with Crippen LogP contribution in [0.1, 0.15) is 5.56 Å². The highest BCUT2D eigenvalue weighted by Crippen LogP contribution is 2.24. The summed E-state index contributed by atoms with van der Waals surface area (Å²) in [6.07, 6.45) is 0.689. The predicted molar refractivity (Wildman–Crippen MR) is 76.1 cm³/mol. The number of halogens is 1. The average molecular weight is 275 g/mol. The van der Waals surface area contributed by atoms with Gasteiger partial charge in [0, 0.05) is 12.2 Å². The highest BCUT2D eigenvalue weighted by atomic mass is 19.1. The van der Waals surface area contributed by atoms with Crippen molar-refractivity contribution in [2.45, 2.75) is 6.42 Å². The zero-order chi connectivity index (χ0) is 14.5. The third kappa shape index (κ3) is 3.44. The summed E-state index contributed by atoms with van der Waals surface area (Å²) < 4.78 is 13.0. The maximum Gasteiger partial charge on any atom is 0.295 e. The predicted octanol–water partition coefficient (Wildman–Crippen LogP) is 2.97. The number of nitrogens with zero attached hydrogens (tertiary/aromatic N) is 1. The van der Waals surface area contributed by atoms with Crippen molar-refractivity contribution in [3.63, 3.8) is 0 Å². The summed E-state index contributed by atoms with van der Waals surface area (Å²) in [5, 5.41) is 13.8. The van der Waals surface area contributed by atoms with Crippen molar-refractivity contribution in [2.24, 2.45) is 0 Å². The van der Waals surface area contributed by atoms with E-state index in [1.807, 2.05) is 12.1 Å². The zero-order valence-electron chi connectivity index (χ0n) is 10.7. The van der Waals surface area contributed by atoms with Crippen LogP contribution < -0.4 is 11.1 Å². The zero-order valence-corrected chi connectivity index (χ0v) is 10.7. The molecule has 0 spiro atoms. The molecule has 0 aliphatic rings. The lowest BCUT2D eigenvalue weighted by molar-refractivity contribution is -0.384. The number of anilines is 2. The Hall–Kier alpha value is -2.63. The number of hydrogen-bond donors (Lipinski definition) is 2. The van der Waals surface area contributed by atoms with E-state index in [9.17, 15) is 14.5 Å². The van der Waals surface area contributed by atoms with Crippen LogP contribution in [0.3, 0.4) is 0 Å². The lowest BCUT2D eigenvalue weighted by Crippen LogP contribution is -2.07. The van der Waals surface area contributed by atoms with E-state index in [1.165, 1.54) is 12.1 Å². The first-order valence-corrected chi connectivity index (χ1v) is 6.08. The fourth-order valence-electron chi connectivity index (χ4n) is 1.83. The Morgan fingerprint density at radius 2 is 1.90 bits per heavy atom. The number of rotatable bonds is 5. The van der Waals surface area contributed by atoms with Gasteiger partial charge in [-0.1, -0.05) is 12.1 Å². The first kappa shape index (κ1) is 13.8. The van der Waals surface area contributed by atoms with Crippen LogP contribution in [0.25, 0.3) is 0 Å². The maximum absolute atomic E-state index is 13.0. The monoisotopic (exact) mass is 275 g/mol. The molecule has 2 rings (SSSR count). The molecule has 20 heavy (non-hydrogen) atoms. The van der Waals surface area contributed by atoms with E-state index in [0.29, 0.717) is 24.3 Å². The van der Waals surface area contributed by atoms with Gasteiger partial charge in [0.15, 0.2) is 0 Å². The van der Waals surface area contributed by atoms with Gasteiger partial charge in [0.2, 0.25) is 0 Å². The summed E-state index contributed by atoms with van der Waals surface area (Å²) in [6, 6.07) is 10.9. The van der Waals surface area contributed by atoms with Gasteiger partial charge in [-0.25, -0.2) is 4.39 Å². The minimum atomic E-state index is -0.624. The van der Waals surface area contributed by atoms with Crippen LogP contribution in [0, 0.1) is 15.9 Å². The summed E-state index contributed by atoms with van der Waals surface area (Å²) in [6.45, 7) is 0.510. The van der Waals surface area contributed by atoms with E-state index in [4.69, 9.17) is 5.73 Å². The Balaban J connectivity index is 2.00. The molecule has 2 aromatic carbocycles. The fourth-order valence-corrected chi connectivity index (χ4v) is 1.83. The first-order chi connectivity index (χ1) is 9.56. The van der Waals surface area contributed by atoms with E-state index >= 15 is 0 Å². The van der Waals surface area contributed by atoms with Crippen molar-refractivity contribution >= 4 is 17.1 Å². The van der Waals surface area contributed by atoms with E-state index in [0.717, 1.165) is 11.6 Å². The van der Waals surface area contributed by atoms with Gasteiger partial charge < -0.3 is 11.1 Å². The Morgan fingerprint density at radius 3 is 2.55 bits per heavy atom. The molecule has 0 aliphatic heterocycles. The largest absolute Gasteiger partial charge is 0.399 e. The molecule has 0 radical (unpaired) electrons. The minimum Gasteiger partial charge on any atom is -0.399 e. The number of hydrogen-bond acceptors (Lipinski definition) is 4. The molecule has 0 unspecified atom stereocenters. The fraction of sp³-hybridized carbons (Fsp3) is 0.143. The van der Waals surface area contributed by atoms with Gasteiger partial charge in [-0.3, -0.25) is 10.1 Å². The van der Waals surface area contributed by atoms with E-state index in [1.54, 1.807) is 12.1 Å². The molecule has 0 fully saturated rings. The van der Waals surface area contributed by atoms with Crippen LogP contribution in [0.5, 0.6) is 0 Å². The molecule has 0 heterocycles. The normalized spacial score (nSPS) is 10.2. The first-order valence-electron chi connectivity index (χ1n) is 6.08. The number of nitro benzene ring substituents is 1. The molecule has 0 saturated heterocycles. The lowest BCUT2D eigenvalue weighted by atomic mass is 10.1. The van der Waals surface area contributed by atoms with Crippen molar-refractivity contribution < 1.29 is 9.31 Å². The van der Waals surface area contributed by atoms with E-state index in [2.05, 4.69) is 5.32 Å². The summed E-state index contributed by atoms with van der Waals surface area (Å²) in [5.74, 6) is -0.624. The summed E-state index contributed by atoms with van der Waals surface area (Å²) in [5.41, 5.74) is 7.39. The molecule has 6 heteroatoms. The number of nitrogens with two attached hydrogens (primary N) is 1. The van der Waals surface area contributed by atoms with E-state index in [-0.39, 0.29) is 5.69 Å². The number of nitrogen functional groups attached to an aromatic ring is 1. The third-order valence-electron chi connectivity index (χ3n) is 2.87. The van der Waals surface area contributed by atoms with Gasteiger partial charge >= 0.3 is 0 Å². The average Bonchev–Trinajstić information content (AvgIpc) is 2.42. The lowest BCUT2D eigenvalue weighted by Gasteiger charge is -2.07. The number of nitro groups is 1. The van der Waals surface area contributed by atoms with Crippen LogP contribution in [0.4, 0.5) is 21.5 Å². The molecule has 104 valence electrons. The van der Waals surface area contributed by atoms with Crippen LogP contribution in [0.15, 0.2) is 42.5 Å². The quantitative estimate of drug-likeness (QED) is 0.499. The van der Waals surface area contributed by atoms with Crippen LogP contribution in [0.2, 0.25) is 0 Å². The van der Waals surface area contributed by atoms with Gasteiger partial charge in [-0.2, -0.15) is 0 Å². The Kier molecular flexibility index (Phi) is 4.14. The molecule has 0 aliphatic carbocycles. The van der Waals surface area contributed by atoms with Crippen molar-refractivity contribution in [3.8, 4) is 0 Å². The summed E-state index contributed by atoms with van der Waals surface area (Å²) in [4.78, 5) is 10.2. The van der Waals surface area contributed by atoms with Gasteiger partial charge in [-0.15, -0.1) is 0 Å². The molecule has 0 saturated carbocycles. The number of nitrogens with one attached hydrogen (secondary N) is 1. The molecule has 0 bridgehead atoms. The Labute approximate surface area is 115 Å². The molecular weight excluding hydrogens is 261 g/mol. The highest BCUT2D eigenvalue weighted by Gasteiger charge is 2.14. The molecule has 0 atom stereocenters. The van der Waals surface area contributed by atoms with Crippen LogP contribution >= 0.6 is 0 Å². The molecule has 0 aromatic heterocycles. The second kappa shape index (κ2) is 6.01. The SMILES string of the molecule is Nc1ccc(CCNc2ccc(F)cc2[N+](=O)[O-])cc1. The molecule has 0 amide bonds. The van der Waals surface area contributed by atoms with Gasteiger partial charge in [0.1, 0.15) is 11.5 Å². The minimum absolute atomic E-state index is 0.262. The van der Waals surface area contributed by atoms with Crippen LogP contribution in [-0.2, 0) is 6.42 Å². The smallest absolute Gasteiger partial charge is 0.295 e. The van der Waals surface area contributed by atoms with Crippen molar-refractivity contribution in [2.75, 3.05) is 17.6 Å². The number of benzene rings is 2. The highest BCUT2D eigenvalue weighted by molar-refractivity contribution is 5.61. The van der Waals surface area contributed by atoms with Gasteiger partial charge in [0.25, 0.3) is 5.69 Å². The van der Waals surface area contributed by atoms with Gasteiger partial charge in [-0.05, 0) is 36.2 Å². The molecule has 2 aromatic rings. The van der Waals surface area contributed by atoms with Crippen molar-refractivity contribution in [1.29, 1.82) is 0 Å². The molecule has 3 N–H and O–H groups in total. The van der Waals surface area contributed by atoms with E-state index < -0.39 is 10.7 Å². The molecular formula is C14H14FN3O2. The van der Waals surface area contributed by atoms with Crippen molar-refractivity contribution in [3.05, 3.63) is 64.0 Å². The standard InChI is InChI=1S/C14H14FN3O2/c15-11-3-6-13(14(9-11)18(19)20)17-8-7-10-1-4-12(16)5-2-10/h1-6,9,17H,7-8,16H2. The molecule has 5 nitrogen and oxygen atoms in total. The second-order valence-electron chi connectivity index (χ2n) is 4.34. The summed E-state index contributed by atoms with van der Waals surface area (Å²) >= 11 is 0. The topological polar surface area (TPSA) is 81.2 Å². The van der Waals surface area contributed by atoms with Crippen LogP contribution in [-0.4, -0.2) is 11.5 Å². The van der Waals surface area contributed by atoms with Crippen molar-refractivity contribution in [1.82, 2.24) is 0 Å². The second-order valence-corrected chi connectivity index (χ2v) is 4.34. The Bertz CT molecular complexity index is 614. The maximum atomic E-state index is 13.0. The summed E-state index contributed by atoms with van der Waals surface area (Å²) in [7, 11) is 0.